The van der Waals surface area contributed by atoms with E-state index in [-0.39, 0.29) is 18.3 Å². The number of benzene rings is 1. The molecule has 2 aromatic rings. The molecular weight excluding hydrogens is 332 g/mol. The predicted octanol–water partition coefficient (Wildman–Crippen LogP) is 2.75. The quantitative estimate of drug-likeness (QED) is 0.681. The molecule has 0 N–H and O–H groups in total. The Morgan fingerprint density at radius 3 is 2.38 bits per heavy atom. The molecule has 2 rings (SSSR count). The maximum absolute atomic E-state index is 13.1. The predicted molar refractivity (Wildman–Crippen MR) is 99.7 cm³/mol. The number of ether oxygens (including phenoxy) is 2. The average molecular weight is 358 g/mol. The van der Waals surface area contributed by atoms with Crippen LogP contribution in [-0.4, -0.2) is 55.3 Å². The van der Waals surface area contributed by atoms with Crippen LogP contribution in [0.4, 0.5) is 0 Å². The first kappa shape index (κ1) is 19.7. The van der Waals surface area contributed by atoms with Crippen molar-refractivity contribution in [2.45, 2.75) is 20.3 Å². The number of methoxy groups -OCH3 is 2. The summed E-state index contributed by atoms with van der Waals surface area (Å²) in [5, 5.41) is 0. The van der Waals surface area contributed by atoms with Gasteiger partial charge in [0.2, 0.25) is 0 Å². The number of esters is 1. The van der Waals surface area contributed by atoms with E-state index < -0.39 is 0 Å². The molecule has 0 bridgehead atoms. The molecule has 0 radical (unpaired) electrons. The van der Waals surface area contributed by atoms with Gasteiger partial charge in [-0.25, -0.2) is 0 Å². The maximum Gasteiger partial charge on any atom is 0.307 e. The van der Waals surface area contributed by atoms with E-state index in [1.165, 1.54) is 7.11 Å². The van der Waals surface area contributed by atoms with Crippen molar-refractivity contribution in [3.63, 3.8) is 0 Å². The monoisotopic (exact) mass is 358 g/mol. The van der Waals surface area contributed by atoms with Gasteiger partial charge in [0.15, 0.2) is 0 Å². The van der Waals surface area contributed by atoms with Gasteiger partial charge in [0, 0.05) is 37.3 Å². The molecule has 1 heterocycles. The Kier molecular flexibility index (Phi) is 6.97. The highest BCUT2D eigenvalue weighted by atomic mass is 16.5. The van der Waals surface area contributed by atoms with Crippen LogP contribution in [0, 0.1) is 13.8 Å². The smallest absolute Gasteiger partial charge is 0.307 e. The molecule has 0 spiro atoms. The molecule has 0 saturated heterocycles. The van der Waals surface area contributed by atoms with E-state index in [9.17, 15) is 9.59 Å². The molecular formula is C20H26N2O4. The molecule has 0 atom stereocenters. The second-order valence-corrected chi connectivity index (χ2v) is 6.07. The van der Waals surface area contributed by atoms with Gasteiger partial charge in [0.25, 0.3) is 5.91 Å². The number of carbonyl (C=O) groups is 2. The van der Waals surface area contributed by atoms with Crippen LogP contribution in [0.3, 0.4) is 0 Å². The van der Waals surface area contributed by atoms with Gasteiger partial charge >= 0.3 is 5.97 Å². The number of hydrogen-bond donors (Lipinski definition) is 0. The summed E-state index contributed by atoms with van der Waals surface area (Å²) in [7, 11) is 2.93. The van der Waals surface area contributed by atoms with Crippen molar-refractivity contribution in [3.05, 3.63) is 53.3 Å². The summed E-state index contributed by atoms with van der Waals surface area (Å²) in [6, 6.07) is 11.8. The molecule has 0 unspecified atom stereocenters. The van der Waals surface area contributed by atoms with Crippen molar-refractivity contribution in [2.24, 2.45) is 0 Å². The van der Waals surface area contributed by atoms with Crippen LogP contribution in [0.1, 0.15) is 28.2 Å². The number of para-hydroxylation sites is 1. The highest BCUT2D eigenvalue weighted by Crippen LogP contribution is 2.22. The van der Waals surface area contributed by atoms with Crippen molar-refractivity contribution in [2.75, 3.05) is 33.9 Å². The van der Waals surface area contributed by atoms with Crippen molar-refractivity contribution in [3.8, 4) is 5.69 Å². The molecule has 6 nitrogen and oxygen atoms in total. The molecule has 140 valence electrons. The van der Waals surface area contributed by atoms with Crippen molar-refractivity contribution >= 4 is 11.9 Å². The average Bonchev–Trinajstić information content (AvgIpc) is 2.96. The second-order valence-electron chi connectivity index (χ2n) is 6.07. The zero-order valence-corrected chi connectivity index (χ0v) is 15.8. The van der Waals surface area contributed by atoms with Crippen LogP contribution in [0.5, 0.6) is 0 Å². The number of carbonyl (C=O) groups excluding carboxylic acids is 2. The third kappa shape index (κ3) is 4.52. The van der Waals surface area contributed by atoms with Crippen LogP contribution < -0.4 is 0 Å². The minimum absolute atomic E-state index is 0.110. The standard InChI is InChI=1S/C20H26N2O4/c1-15-14-18(16(2)22(15)17-8-6-5-7-9-17)20(24)21(12-13-25-3)11-10-19(23)26-4/h5-9,14H,10-13H2,1-4H3. The lowest BCUT2D eigenvalue weighted by atomic mass is 10.2. The Bertz CT molecular complexity index is 753. The molecule has 6 heteroatoms. The van der Waals surface area contributed by atoms with E-state index in [0.717, 1.165) is 17.1 Å². The first-order chi connectivity index (χ1) is 12.5. The van der Waals surface area contributed by atoms with Gasteiger partial charge in [0.1, 0.15) is 0 Å². The number of nitrogens with zero attached hydrogens (tertiary/aromatic N) is 2. The van der Waals surface area contributed by atoms with Gasteiger partial charge in [-0.15, -0.1) is 0 Å². The summed E-state index contributed by atoms with van der Waals surface area (Å²) in [5.74, 6) is -0.448. The molecule has 0 aliphatic rings. The van der Waals surface area contributed by atoms with Gasteiger partial charge in [-0.2, -0.15) is 0 Å². The lowest BCUT2D eigenvalue weighted by Gasteiger charge is -2.22. The highest BCUT2D eigenvalue weighted by Gasteiger charge is 2.22. The minimum atomic E-state index is -0.338. The van der Waals surface area contributed by atoms with Gasteiger partial charge in [-0.05, 0) is 32.0 Å². The van der Waals surface area contributed by atoms with E-state index >= 15 is 0 Å². The molecule has 1 aromatic heterocycles. The Balaban J connectivity index is 2.29. The first-order valence-corrected chi connectivity index (χ1v) is 8.59. The Hall–Kier alpha value is -2.60. The number of rotatable bonds is 8. The maximum atomic E-state index is 13.1. The van der Waals surface area contributed by atoms with E-state index in [1.54, 1.807) is 12.0 Å². The number of aryl methyl sites for hydroxylation is 1. The number of amides is 1. The van der Waals surface area contributed by atoms with Gasteiger partial charge in [0.05, 0.1) is 25.7 Å². The van der Waals surface area contributed by atoms with Gasteiger partial charge in [-0.3, -0.25) is 9.59 Å². The number of hydrogen-bond acceptors (Lipinski definition) is 4. The van der Waals surface area contributed by atoms with E-state index in [2.05, 4.69) is 9.30 Å². The summed E-state index contributed by atoms with van der Waals surface area (Å²) in [4.78, 5) is 26.2. The molecule has 1 aromatic carbocycles. The summed E-state index contributed by atoms with van der Waals surface area (Å²) in [6.45, 7) is 5.03. The fourth-order valence-electron chi connectivity index (χ4n) is 2.97. The first-order valence-electron chi connectivity index (χ1n) is 8.59. The largest absolute Gasteiger partial charge is 0.469 e. The van der Waals surface area contributed by atoms with E-state index in [0.29, 0.717) is 25.3 Å². The fraction of sp³-hybridized carbons (Fsp3) is 0.400. The molecule has 0 aliphatic heterocycles. The molecule has 0 saturated carbocycles. The summed E-state index contributed by atoms with van der Waals surface area (Å²) in [5.41, 5.74) is 3.50. The zero-order valence-electron chi connectivity index (χ0n) is 15.8. The van der Waals surface area contributed by atoms with Crippen molar-refractivity contribution in [1.82, 2.24) is 9.47 Å². The lowest BCUT2D eigenvalue weighted by Crippen LogP contribution is -2.36. The molecule has 1 amide bonds. The van der Waals surface area contributed by atoms with Crippen LogP contribution in [0.15, 0.2) is 36.4 Å². The Labute approximate surface area is 154 Å². The molecule has 0 fully saturated rings. The van der Waals surface area contributed by atoms with Crippen molar-refractivity contribution < 1.29 is 19.1 Å². The van der Waals surface area contributed by atoms with Gasteiger partial charge < -0.3 is 18.9 Å². The minimum Gasteiger partial charge on any atom is -0.469 e. The normalized spacial score (nSPS) is 10.6. The zero-order chi connectivity index (χ0) is 19.1. The summed E-state index contributed by atoms with van der Waals surface area (Å²) in [6.07, 6.45) is 0.156. The van der Waals surface area contributed by atoms with Crippen LogP contribution in [0.2, 0.25) is 0 Å². The Morgan fingerprint density at radius 1 is 1.08 bits per heavy atom. The summed E-state index contributed by atoms with van der Waals surface area (Å²) < 4.78 is 11.8. The molecule has 26 heavy (non-hydrogen) atoms. The Morgan fingerprint density at radius 2 is 1.77 bits per heavy atom. The second kappa shape index (κ2) is 9.20. The van der Waals surface area contributed by atoms with Crippen LogP contribution >= 0.6 is 0 Å². The highest BCUT2D eigenvalue weighted by molar-refractivity contribution is 5.96. The lowest BCUT2D eigenvalue weighted by molar-refractivity contribution is -0.140. The molecule has 0 aliphatic carbocycles. The fourth-order valence-corrected chi connectivity index (χ4v) is 2.97. The van der Waals surface area contributed by atoms with Crippen LogP contribution in [0.25, 0.3) is 5.69 Å². The number of aromatic nitrogens is 1. The SMILES string of the molecule is COCCN(CCC(=O)OC)C(=O)c1cc(C)n(-c2ccccc2)c1C. The van der Waals surface area contributed by atoms with E-state index in [4.69, 9.17) is 4.74 Å². The van der Waals surface area contributed by atoms with Crippen molar-refractivity contribution in [1.29, 1.82) is 0 Å². The third-order valence-corrected chi connectivity index (χ3v) is 4.34. The van der Waals surface area contributed by atoms with E-state index in [1.807, 2.05) is 50.2 Å². The third-order valence-electron chi connectivity index (χ3n) is 4.34. The summed E-state index contributed by atoms with van der Waals surface area (Å²) >= 11 is 0. The van der Waals surface area contributed by atoms with Crippen LogP contribution in [-0.2, 0) is 14.3 Å². The van der Waals surface area contributed by atoms with Gasteiger partial charge in [-0.1, -0.05) is 18.2 Å². The topological polar surface area (TPSA) is 60.8 Å².